The molecule has 1 fully saturated rings. The van der Waals surface area contributed by atoms with E-state index in [9.17, 15) is 15.0 Å². The van der Waals surface area contributed by atoms with Gasteiger partial charge in [0.05, 0.1) is 18.3 Å². The average molecular weight is 409 g/mol. The minimum Gasteiger partial charge on any atom is -0.481 e. The molecule has 2 rings (SSSR count). The van der Waals surface area contributed by atoms with Crippen LogP contribution in [0.3, 0.4) is 0 Å². The highest BCUT2D eigenvalue weighted by Gasteiger charge is 2.39. The molecule has 3 N–H and O–H groups in total. The maximum atomic E-state index is 10.5. The second-order valence-electron chi connectivity index (χ2n) is 7.43. The summed E-state index contributed by atoms with van der Waals surface area (Å²) in [4.78, 5) is 10.5. The van der Waals surface area contributed by atoms with Crippen LogP contribution in [0.4, 0.5) is 0 Å². The second kappa shape index (κ2) is 12.2. The number of aliphatic hydroxyl groups excluding tert-OH is 2. The third-order valence-corrected chi connectivity index (χ3v) is 6.13. The fourth-order valence-corrected chi connectivity index (χ4v) is 4.44. The molecule has 0 radical (unpaired) electrons. The van der Waals surface area contributed by atoms with E-state index in [-0.39, 0.29) is 24.4 Å². The summed E-state index contributed by atoms with van der Waals surface area (Å²) in [5.41, 5.74) is 1.31. The van der Waals surface area contributed by atoms with Crippen molar-refractivity contribution in [2.45, 2.75) is 63.3 Å². The lowest BCUT2D eigenvalue weighted by molar-refractivity contribution is -0.137. The summed E-state index contributed by atoms with van der Waals surface area (Å²) in [6.07, 6.45) is 11.3. The van der Waals surface area contributed by atoms with Crippen LogP contribution in [0.5, 0.6) is 0 Å². The first-order valence-electron chi connectivity index (χ1n) is 9.96. The minimum atomic E-state index is -0.778. The van der Waals surface area contributed by atoms with Gasteiger partial charge in [-0.1, -0.05) is 24.3 Å². The van der Waals surface area contributed by atoms with E-state index in [1.807, 2.05) is 24.3 Å². The molecule has 0 unspecified atom stereocenters. The molecule has 156 valence electrons. The van der Waals surface area contributed by atoms with Crippen molar-refractivity contribution in [3.63, 3.8) is 0 Å². The smallest absolute Gasteiger partial charge is 0.303 e. The highest BCUT2D eigenvalue weighted by Crippen LogP contribution is 2.36. The summed E-state index contributed by atoms with van der Waals surface area (Å²) >= 11 is 1.69. The molecular weight excluding hydrogens is 376 g/mol. The highest BCUT2D eigenvalue weighted by atomic mass is 32.1. The molecular formula is C22H32O5S. The van der Waals surface area contributed by atoms with Crippen molar-refractivity contribution in [1.29, 1.82) is 0 Å². The summed E-state index contributed by atoms with van der Waals surface area (Å²) in [6.45, 7) is 0. The maximum Gasteiger partial charge on any atom is 0.303 e. The minimum absolute atomic E-state index is 0.0166. The molecule has 0 saturated heterocycles. The number of thiophene rings is 1. The van der Waals surface area contributed by atoms with Gasteiger partial charge in [0, 0.05) is 25.9 Å². The van der Waals surface area contributed by atoms with Gasteiger partial charge in [-0.2, -0.15) is 11.3 Å². The van der Waals surface area contributed by atoms with Crippen molar-refractivity contribution >= 4 is 17.3 Å². The van der Waals surface area contributed by atoms with E-state index in [0.717, 1.165) is 12.8 Å². The van der Waals surface area contributed by atoms with Crippen LogP contribution in [0.25, 0.3) is 0 Å². The summed E-state index contributed by atoms with van der Waals surface area (Å²) in [5, 5.41) is 33.6. The normalized spacial score (nSPS) is 26.4. The van der Waals surface area contributed by atoms with Crippen LogP contribution in [0.2, 0.25) is 0 Å². The van der Waals surface area contributed by atoms with Crippen molar-refractivity contribution in [3.05, 3.63) is 46.7 Å². The molecule has 1 aromatic heterocycles. The Morgan fingerprint density at radius 3 is 2.86 bits per heavy atom. The number of carboxylic acids is 1. The lowest BCUT2D eigenvalue weighted by Gasteiger charge is -2.20. The number of hydrogen-bond donors (Lipinski definition) is 3. The number of aliphatic hydroxyl groups is 2. The number of carbonyl (C=O) groups is 1. The van der Waals surface area contributed by atoms with Crippen LogP contribution in [-0.2, 0) is 16.0 Å². The zero-order valence-corrected chi connectivity index (χ0v) is 17.3. The van der Waals surface area contributed by atoms with Gasteiger partial charge in [-0.05, 0) is 60.4 Å². The van der Waals surface area contributed by atoms with Gasteiger partial charge in [0.1, 0.15) is 0 Å². The van der Waals surface area contributed by atoms with E-state index in [1.54, 1.807) is 18.4 Å². The quantitative estimate of drug-likeness (QED) is 0.362. The Labute approximate surface area is 171 Å². The summed E-state index contributed by atoms with van der Waals surface area (Å²) in [7, 11) is 1.69. The fourth-order valence-electron chi connectivity index (χ4n) is 3.74. The zero-order valence-electron chi connectivity index (χ0n) is 16.4. The Bertz CT molecular complexity index is 625. The van der Waals surface area contributed by atoms with Crippen LogP contribution in [0.15, 0.2) is 41.1 Å². The van der Waals surface area contributed by atoms with Crippen LogP contribution in [0.1, 0.15) is 44.1 Å². The molecule has 1 saturated carbocycles. The van der Waals surface area contributed by atoms with Gasteiger partial charge in [-0.25, -0.2) is 0 Å². The molecule has 0 amide bonds. The molecule has 6 heteroatoms. The molecule has 0 aromatic carbocycles. The third kappa shape index (κ3) is 7.51. The molecule has 1 aliphatic carbocycles. The molecule has 0 aliphatic heterocycles. The maximum absolute atomic E-state index is 10.5. The number of carboxylic acid groups (broad SMARTS) is 1. The average Bonchev–Trinajstić information content (AvgIpc) is 3.26. The number of ether oxygens (including phenoxy) is 1. The SMILES string of the molecule is CO[C@@H](/C=C/[C@@H]1[C@@H](C/C=C\CCCC(=O)O)[C@@H](O)C[C@H]1O)CCc1ccsc1. The number of rotatable bonds is 12. The molecule has 1 aliphatic rings. The second-order valence-corrected chi connectivity index (χ2v) is 8.21. The highest BCUT2D eigenvalue weighted by molar-refractivity contribution is 7.07. The predicted octanol–water partition coefficient (Wildman–Crippen LogP) is 3.81. The van der Waals surface area contributed by atoms with Gasteiger partial charge in [-0.15, -0.1) is 0 Å². The van der Waals surface area contributed by atoms with Crippen LogP contribution >= 0.6 is 11.3 Å². The Kier molecular flexibility index (Phi) is 9.92. The Morgan fingerprint density at radius 2 is 2.18 bits per heavy atom. The standard InChI is InChI=1S/C22H32O5S/c1-27-17(9-8-16-12-13-28-15-16)10-11-19-18(20(23)14-21(19)24)6-4-2-3-5-7-22(25)26/h2,4,10-13,15,17-21,23-24H,3,5-9,14H2,1H3,(H,25,26)/b4-2-,11-10+/t17-,18-,19-,20+,21-/m1/s1. The number of methoxy groups -OCH3 is 1. The number of hydrogen-bond acceptors (Lipinski definition) is 5. The topological polar surface area (TPSA) is 87.0 Å². The lowest BCUT2D eigenvalue weighted by atomic mass is 9.89. The summed E-state index contributed by atoms with van der Waals surface area (Å²) in [6, 6.07) is 2.12. The van der Waals surface area contributed by atoms with Gasteiger partial charge in [0.2, 0.25) is 0 Å². The van der Waals surface area contributed by atoms with Crippen molar-refractivity contribution in [2.75, 3.05) is 7.11 Å². The van der Waals surface area contributed by atoms with Crippen molar-refractivity contribution in [3.8, 4) is 0 Å². The molecule has 1 aromatic rings. The van der Waals surface area contributed by atoms with E-state index in [2.05, 4.69) is 16.8 Å². The van der Waals surface area contributed by atoms with E-state index >= 15 is 0 Å². The molecule has 0 spiro atoms. The predicted molar refractivity (Wildman–Crippen MR) is 111 cm³/mol. The van der Waals surface area contributed by atoms with Gasteiger partial charge in [-0.3, -0.25) is 4.79 Å². The van der Waals surface area contributed by atoms with Crippen molar-refractivity contribution in [1.82, 2.24) is 0 Å². The van der Waals surface area contributed by atoms with Gasteiger partial charge in [0.15, 0.2) is 0 Å². The fraction of sp³-hybridized carbons (Fsp3) is 0.591. The first kappa shape index (κ1) is 22.8. The Morgan fingerprint density at radius 1 is 1.36 bits per heavy atom. The number of unbranched alkanes of at least 4 members (excludes halogenated alkanes) is 1. The van der Waals surface area contributed by atoms with E-state index in [1.165, 1.54) is 5.56 Å². The first-order valence-corrected chi connectivity index (χ1v) is 10.9. The summed E-state index contributed by atoms with van der Waals surface area (Å²) < 4.78 is 5.56. The van der Waals surface area contributed by atoms with Crippen LogP contribution < -0.4 is 0 Å². The van der Waals surface area contributed by atoms with Gasteiger partial charge < -0.3 is 20.1 Å². The van der Waals surface area contributed by atoms with E-state index in [0.29, 0.717) is 25.7 Å². The molecule has 5 nitrogen and oxygen atoms in total. The van der Waals surface area contributed by atoms with Crippen molar-refractivity contribution < 1.29 is 24.9 Å². The Balaban J connectivity index is 1.85. The number of aliphatic carboxylic acids is 1. The van der Waals surface area contributed by atoms with E-state index in [4.69, 9.17) is 9.84 Å². The molecule has 28 heavy (non-hydrogen) atoms. The van der Waals surface area contributed by atoms with Gasteiger partial charge >= 0.3 is 5.97 Å². The Hall–Kier alpha value is -1.47. The molecule has 0 bridgehead atoms. The number of aryl methyl sites for hydroxylation is 1. The van der Waals surface area contributed by atoms with E-state index < -0.39 is 18.2 Å². The summed E-state index contributed by atoms with van der Waals surface area (Å²) in [5.74, 6) is -0.909. The molecule has 5 atom stereocenters. The van der Waals surface area contributed by atoms with Crippen molar-refractivity contribution in [2.24, 2.45) is 11.8 Å². The van der Waals surface area contributed by atoms with Crippen LogP contribution in [0, 0.1) is 11.8 Å². The van der Waals surface area contributed by atoms with Gasteiger partial charge in [0.25, 0.3) is 0 Å². The third-order valence-electron chi connectivity index (χ3n) is 5.40. The first-order chi connectivity index (χ1) is 13.5. The molecule has 1 heterocycles. The monoisotopic (exact) mass is 408 g/mol. The largest absolute Gasteiger partial charge is 0.481 e. The van der Waals surface area contributed by atoms with Crippen LogP contribution in [-0.4, -0.2) is 46.7 Å². The lowest BCUT2D eigenvalue weighted by Crippen LogP contribution is -2.20. The number of allylic oxidation sites excluding steroid dienone is 2. The zero-order chi connectivity index (χ0) is 20.4.